The molecule has 0 bridgehead atoms. The van der Waals surface area contributed by atoms with E-state index in [0.717, 1.165) is 11.3 Å². The van der Waals surface area contributed by atoms with Crippen molar-refractivity contribution in [3.63, 3.8) is 0 Å². The van der Waals surface area contributed by atoms with E-state index in [1.807, 2.05) is 6.26 Å². The van der Waals surface area contributed by atoms with E-state index in [2.05, 4.69) is 10.3 Å². The molecule has 1 aromatic carbocycles. The molecule has 24 heavy (non-hydrogen) atoms. The number of amides is 1. The Morgan fingerprint density at radius 1 is 1.46 bits per heavy atom. The monoisotopic (exact) mass is 368 g/mol. The molecule has 0 unspecified atom stereocenters. The number of aromatic nitrogens is 1. The maximum Gasteiger partial charge on any atom is 0.326 e. The summed E-state index contributed by atoms with van der Waals surface area (Å²) in [6, 6.07) is 5.02. The van der Waals surface area contributed by atoms with E-state index in [1.54, 1.807) is 19.1 Å². The van der Waals surface area contributed by atoms with Crippen LogP contribution in [0.2, 0.25) is 0 Å². The second-order valence-corrected chi connectivity index (χ2v) is 7.07. The van der Waals surface area contributed by atoms with Crippen LogP contribution in [-0.4, -0.2) is 40.0 Å². The first kappa shape index (κ1) is 18.4. The van der Waals surface area contributed by atoms with Crippen molar-refractivity contribution in [1.82, 2.24) is 10.3 Å². The van der Waals surface area contributed by atoms with Gasteiger partial charge in [-0.25, -0.2) is 14.2 Å². The van der Waals surface area contributed by atoms with Crippen LogP contribution in [0.15, 0.2) is 24.3 Å². The van der Waals surface area contributed by atoms with E-state index < -0.39 is 17.9 Å². The van der Waals surface area contributed by atoms with Gasteiger partial charge in [0.15, 0.2) is 0 Å². The molecule has 2 N–H and O–H groups in total. The number of benzene rings is 1. The van der Waals surface area contributed by atoms with Gasteiger partial charge in [0, 0.05) is 5.56 Å². The number of carboxylic acid groups (broad SMARTS) is 1. The lowest BCUT2D eigenvalue weighted by molar-refractivity contribution is -0.139. The maximum absolute atomic E-state index is 13.3. The van der Waals surface area contributed by atoms with Gasteiger partial charge >= 0.3 is 5.97 Å². The van der Waals surface area contributed by atoms with Crippen LogP contribution in [0.3, 0.4) is 0 Å². The molecule has 1 aromatic heterocycles. The van der Waals surface area contributed by atoms with Crippen molar-refractivity contribution in [2.75, 3.05) is 12.0 Å². The van der Waals surface area contributed by atoms with Gasteiger partial charge in [-0.3, -0.25) is 4.79 Å². The van der Waals surface area contributed by atoms with Crippen LogP contribution in [0.4, 0.5) is 4.39 Å². The summed E-state index contributed by atoms with van der Waals surface area (Å²) in [4.78, 5) is 28.2. The van der Waals surface area contributed by atoms with E-state index in [0.29, 0.717) is 33.3 Å². The third-order valence-electron chi connectivity index (χ3n) is 3.29. The lowest BCUT2D eigenvalue weighted by atomic mass is 10.2. The van der Waals surface area contributed by atoms with Gasteiger partial charge in [0.05, 0.1) is 5.69 Å². The van der Waals surface area contributed by atoms with Gasteiger partial charge in [0.25, 0.3) is 5.91 Å². The molecule has 1 heterocycles. The highest BCUT2D eigenvalue weighted by Gasteiger charge is 2.23. The molecule has 0 aliphatic carbocycles. The van der Waals surface area contributed by atoms with Crippen LogP contribution >= 0.6 is 23.1 Å². The largest absolute Gasteiger partial charge is 0.480 e. The summed E-state index contributed by atoms with van der Waals surface area (Å²) in [7, 11) is 0. The molecule has 0 radical (unpaired) electrons. The molecule has 0 aliphatic rings. The first-order valence-electron chi connectivity index (χ1n) is 7.18. The van der Waals surface area contributed by atoms with Crippen molar-refractivity contribution < 1.29 is 19.1 Å². The topological polar surface area (TPSA) is 79.3 Å². The van der Waals surface area contributed by atoms with Crippen LogP contribution in [-0.2, 0) is 4.79 Å². The molecule has 0 saturated heterocycles. The molecule has 128 valence electrons. The van der Waals surface area contributed by atoms with Gasteiger partial charge in [-0.15, -0.1) is 11.3 Å². The third kappa shape index (κ3) is 4.55. The van der Waals surface area contributed by atoms with Crippen molar-refractivity contribution in [3.05, 3.63) is 40.7 Å². The number of hydrogen-bond acceptors (Lipinski definition) is 5. The minimum atomic E-state index is -1.06. The molecular formula is C16H17FN2O3S2. The Bertz CT molecular complexity index is 749. The summed E-state index contributed by atoms with van der Waals surface area (Å²) in [6.07, 6.45) is 2.22. The summed E-state index contributed by atoms with van der Waals surface area (Å²) < 4.78 is 13.3. The number of aryl methyl sites for hydroxylation is 1. The van der Waals surface area contributed by atoms with E-state index in [4.69, 9.17) is 0 Å². The summed E-state index contributed by atoms with van der Waals surface area (Å²) in [5.74, 6) is -1.28. The standard InChI is InChI=1S/C16H17FN2O3S2/c1-9-13(14(20)19-12(16(21)22)6-7-23-2)24-15(18-9)10-4-3-5-11(17)8-10/h3-5,8,12H,6-7H2,1-2H3,(H,19,20)(H,21,22)/t12-/m0/s1. The Morgan fingerprint density at radius 2 is 2.21 bits per heavy atom. The fraction of sp³-hybridized carbons (Fsp3) is 0.312. The zero-order chi connectivity index (χ0) is 17.7. The van der Waals surface area contributed by atoms with Crippen molar-refractivity contribution in [2.45, 2.75) is 19.4 Å². The second kappa shape index (κ2) is 8.25. The number of hydrogen-bond donors (Lipinski definition) is 2. The molecule has 0 fully saturated rings. The van der Waals surface area contributed by atoms with Gasteiger partial charge in [0.2, 0.25) is 0 Å². The number of thiazole rings is 1. The first-order valence-corrected chi connectivity index (χ1v) is 9.39. The lowest BCUT2D eigenvalue weighted by Gasteiger charge is -2.13. The van der Waals surface area contributed by atoms with Crippen molar-refractivity contribution >= 4 is 35.0 Å². The van der Waals surface area contributed by atoms with Crippen LogP contribution in [0.25, 0.3) is 10.6 Å². The molecule has 0 saturated carbocycles. The third-order valence-corrected chi connectivity index (χ3v) is 5.14. The van der Waals surface area contributed by atoms with Crippen molar-refractivity contribution in [3.8, 4) is 10.6 Å². The average molecular weight is 368 g/mol. The van der Waals surface area contributed by atoms with Crippen molar-refractivity contribution in [1.29, 1.82) is 0 Å². The molecular weight excluding hydrogens is 351 g/mol. The Morgan fingerprint density at radius 3 is 2.83 bits per heavy atom. The number of nitrogens with one attached hydrogen (secondary N) is 1. The average Bonchev–Trinajstić information content (AvgIpc) is 2.93. The normalized spacial score (nSPS) is 12.0. The Hall–Kier alpha value is -1.93. The number of aliphatic carboxylic acids is 1. The molecule has 2 aromatic rings. The van der Waals surface area contributed by atoms with Crippen LogP contribution in [0.5, 0.6) is 0 Å². The Labute approximate surface area is 147 Å². The fourth-order valence-electron chi connectivity index (χ4n) is 2.07. The molecule has 8 heteroatoms. The number of thioether (sulfide) groups is 1. The molecule has 0 spiro atoms. The van der Waals surface area contributed by atoms with Crippen molar-refractivity contribution in [2.24, 2.45) is 0 Å². The van der Waals surface area contributed by atoms with E-state index in [1.165, 1.54) is 23.9 Å². The van der Waals surface area contributed by atoms with E-state index in [9.17, 15) is 19.1 Å². The van der Waals surface area contributed by atoms with Gasteiger partial charge in [-0.05, 0) is 37.5 Å². The fourth-order valence-corrected chi connectivity index (χ4v) is 3.51. The molecule has 0 aliphatic heterocycles. The Balaban J connectivity index is 2.19. The molecule has 2 rings (SSSR count). The van der Waals surface area contributed by atoms with Gasteiger partial charge < -0.3 is 10.4 Å². The van der Waals surface area contributed by atoms with Gasteiger partial charge in [0.1, 0.15) is 21.7 Å². The van der Waals surface area contributed by atoms with E-state index >= 15 is 0 Å². The number of nitrogens with zero attached hydrogens (tertiary/aromatic N) is 1. The first-order chi connectivity index (χ1) is 11.4. The van der Waals surface area contributed by atoms with Crippen LogP contribution in [0, 0.1) is 12.7 Å². The van der Waals surface area contributed by atoms with Gasteiger partial charge in [-0.2, -0.15) is 11.8 Å². The zero-order valence-corrected chi connectivity index (χ0v) is 14.8. The second-order valence-electron chi connectivity index (χ2n) is 5.09. The summed E-state index contributed by atoms with van der Waals surface area (Å²) in [5.41, 5.74) is 1.07. The minimum absolute atomic E-state index is 0.338. The summed E-state index contributed by atoms with van der Waals surface area (Å²) in [6.45, 7) is 1.67. The van der Waals surface area contributed by atoms with Crippen LogP contribution in [0.1, 0.15) is 21.8 Å². The maximum atomic E-state index is 13.3. The highest BCUT2D eigenvalue weighted by molar-refractivity contribution is 7.98. The Kier molecular flexibility index (Phi) is 6.33. The number of halogens is 1. The minimum Gasteiger partial charge on any atom is -0.480 e. The molecule has 1 amide bonds. The summed E-state index contributed by atoms with van der Waals surface area (Å²) >= 11 is 2.64. The lowest BCUT2D eigenvalue weighted by Crippen LogP contribution is -2.41. The summed E-state index contributed by atoms with van der Waals surface area (Å²) in [5, 5.41) is 12.3. The van der Waals surface area contributed by atoms with Gasteiger partial charge in [-0.1, -0.05) is 12.1 Å². The number of carbonyl (C=O) groups excluding carboxylic acids is 1. The number of rotatable bonds is 7. The smallest absolute Gasteiger partial charge is 0.326 e. The molecule has 5 nitrogen and oxygen atoms in total. The highest BCUT2D eigenvalue weighted by atomic mass is 32.2. The predicted molar refractivity (Wildman–Crippen MR) is 94.1 cm³/mol. The SMILES string of the molecule is CSCC[C@H](NC(=O)c1sc(-c2cccc(F)c2)nc1C)C(=O)O. The number of carbonyl (C=O) groups is 2. The predicted octanol–water partition coefficient (Wildman–Crippen LogP) is 3.19. The quantitative estimate of drug-likeness (QED) is 0.785. The van der Waals surface area contributed by atoms with E-state index in [-0.39, 0.29) is 5.82 Å². The highest BCUT2D eigenvalue weighted by Crippen LogP contribution is 2.28. The zero-order valence-electron chi connectivity index (χ0n) is 13.2. The van der Waals surface area contributed by atoms with Crippen LogP contribution < -0.4 is 5.32 Å². The molecule has 1 atom stereocenters. The number of carboxylic acids is 1.